The van der Waals surface area contributed by atoms with Gasteiger partial charge in [0.25, 0.3) is 5.91 Å². The summed E-state index contributed by atoms with van der Waals surface area (Å²) in [6.07, 6.45) is 3.89. The summed E-state index contributed by atoms with van der Waals surface area (Å²) in [5, 5.41) is 12.4. The number of hydrogen-bond acceptors (Lipinski definition) is 4. The lowest BCUT2D eigenvalue weighted by Crippen LogP contribution is -2.42. The van der Waals surface area contributed by atoms with Gasteiger partial charge in [-0.1, -0.05) is 6.92 Å². The van der Waals surface area contributed by atoms with Crippen molar-refractivity contribution in [2.24, 2.45) is 5.92 Å². The first kappa shape index (κ1) is 24.5. The van der Waals surface area contributed by atoms with Crippen LogP contribution < -0.4 is 5.32 Å². The second kappa shape index (κ2) is 10.5. The number of alkyl carbamates (subject to hydrolysis) is 1. The average molecular weight is 429 g/mol. The third-order valence-electron chi connectivity index (χ3n) is 5.55. The predicted molar refractivity (Wildman–Crippen MR) is 121 cm³/mol. The quantitative estimate of drug-likeness (QED) is 0.544. The minimum absolute atomic E-state index is 0.169. The van der Waals surface area contributed by atoms with E-state index in [1.54, 1.807) is 11.0 Å². The molecule has 31 heavy (non-hydrogen) atoms. The number of hydrogen-bond donors (Lipinski definition) is 1. The minimum atomic E-state index is -0.520. The van der Waals surface area contributed by atoms with E-state index in [2.05, 4.69) is 22.9 Å². The highest BCUT2D eigenvalue weighted by molar-refractivity contribution is 6.01. The van der Waals surface area contributed by atoms with E-state index >= 15 is 0 Å². The standard InChI is InChI=1S/C24H36N4O3/c1-7-10-28-17(2)13-20(18(28)3)14-21(15-25)22(29)27-11-8-19(9-12-27)16-26-23(30)31-24(4,5)6/h13-14,19H,7-12,16H2,1-6H3,(H,26,30)/b21-14+. The van der Waals surface area contributed by atoms with Crippen molar-refractivity contribution in [3.05, 3.63) is 28.6 Å². The lowest BCUT2D eigenvalue weighted by atomic mass is 9.96. The molecule has 0 saturated carbocycles. The number of piperidine rings is 1. The van der Waals surface area contributed by atoms with E-state index in [0.717, 1.165) is 42.8 Å². The van der Waals surface area contributed by atoms with E-state index in [4.69, 9.17) is 4.74 Å². The number of aryl methyl sites for hydroxylation is 1. The van der Waals surface area contributed by atoms with Gasteiger partial charge in [0.05, 0.1) is 0 Å². The molecule has 1 aliphatic rings. The second-order valence-corrected chi connectivity index (χ2v) is 9.27. The maximum Gasteiger partial charge on any atom is 0.407 e. The van der Waals surface area contributed by atoms with Gasteiger partial charge in [0.1, 0.15) is 17.2 Å². The molecule has 1 aromatic rings. The minimum Gasteiger partial charge on any atom is -0.444 e. The van der Waals surface area contributed by atoms with Gasteiger partial charge in [0.15, 0.2) is 0 Å². The monoisotopic (exact) mass is 428 g/mol. The number of carbonyl (C=O) groups excluding carboxylic acids is 2. The van der Waals surface area contributed by atoms with Crippen molar-refractivity contribution in [2.45, 2.75) is 73.0 Å². The van der Waals surface area contributed by atoms with Gasteiger partial charge in [0.2, 0.25) is 0 Å². The SMILES string of the molecule is CCCn1c(C)cc(/C=C(\C#N)C(=O)N2CCC(CNC(=O)OC(C)(C)C)CC2)c1C. The van der Waals surface area contributed by atoms with Crippen molar-refractivity contribution in [1.82, 2.24) is 14.8 Å². The fourth-order valence-electron chi connectivity index (χ4n) is 3.89. The van der Waals surface area contributed by atoms with Crippen LogP contribution in [0.3, 0.4) is 0 Å². The maximum absolute atomic E-state index is 12.9. The number of nitriles is 1. The summed E-state index contributed by atoms with van der Waals surface area (Å²) in [4.78, 5) is 26.5. The zero-order valence-electron chi connectivity index (χ0n) is 19.7. The Morgan fingerprint density at radius 3 is 2.48 bits per heavy atom. The van der Waals surface area contributed by atoms with Gasteiger partial charge in [-0.05, 0) is 77.5 Å². The third-order valence-corrected chi connectivity index (χ3v) is 5.55. The molecule has 0 radical (unpaired) electrons. The highest BCUT2D eigenvalue weighted by Gasteiger charge is 2.26. The Bertz CT molecular complexity index is 863. The van der Waals surface area contributed by atoms with Crippen molar-refractivity contribution >= 4 is 18.1 Å². The van der Waals surface area contributed by atoms with Crippen LogP contribution in [0.2, 0.25) is 0 Å². The third kappa shape index (κ3) is 6.88. The summed E-state index contributed by atoms with van der Waals surface area (Å²) in [5.41, 5.74) is 2.78. The Hall–Kier alpha value is -2.75. The van der Waals surface area contributed by atoms with Gasteiger partial charge < -0.3 is 19.5 Å². The molecule has 1 fully saturated rings. The first-order valence-corrected chi connectivity index (χ1v) is 11.1. The van der Waals surface area contributed by atoms with Gasteiger partial charge in [0, 0.05) is 37.6 Å². The van der Waals surface area contributed by atoms with Crippen molar-refractivity contribution < 1.29 is 14.3 Å². The molecule has 7 nitrogen and oxygen atoms in total. The highest BCUT2D eigenvalue weighted by atomic mass is 16.6. The molecule has 0 bridgehead atoms. The summed E-state index contributed by atoms with van der Waals surface area (Å²) in [6.45, 7) is 14.3. The summed E-state index contributed by atoms with van der Waals surface area (Å²) in [7, 11) is 0. The van der Waals surface area contributed by atoms with Gasteiger partial charge in [-0.25, -0.2) is 4.79 Å². The topological polar surface area (TPSA) is 87.4 Å². The summed E-state index contributed by atoms with van der Waals surface area (Å²) in [5.74, 6) is 0.0698. The van der Waals surface area contributed by atoms with Crippen LogP contribution in [0.25, 0.3) is 6.08 Å². The fraction of sp³-hybridized carbons (Fsp3) is 0.625. The van der Waals surface area contributed by atoms with E-state index in [-0.39, 0.29) is 11.5 Å². The number of nitrogens with one attached hydrogen (secondary N) is 1. The Labute approximate surface area is 186 Å². The Kier molecular flexibility index (Phi) is 8.32. The smallest absolute Gasteiger partial charge is 0.407 e. The molecule has 0 atom stereocenters. The molecule has 170 valence electrons. The van der Waals surface area contributed by atoms with Crippen LogP contribution in [-0.2, 0) is 16.1 Å². The molecule has 2 amide bonds. The lowest BCUT2D eigenvalue weighted by molar-refractivity contribution is -0.128. The van der Waals surface area contributed by atoms with Crippen LogP contribution in [0.1, 0.15) is 63.9 Å². The molecule has 1 aromatic heterocycles. The van der Waals surface area contributed by atoms with E-state index in [9.17, 15) is 14.9 Å². The van der Waals surface area contributed by atoms with Crippen molar-refractivity contribution in [3.63, 3.8) is 0 Å². The number of likely N-dealkylation sites (tertiary alicyclic amines) is 1. The largest absolute Gasteiger partial charge is 0.444 e. The first-order valence-electron chi connectivity index (χ1n) is 11.1. The number of aromatic nitrogens is 1. The second-order valence-electron chi connectivity index (χ2n) is 9.27. The summed E-state index contributed by atoms with van der Waals surface area (Å²) < 4.78 is 7.48. The average Bonchev–Trinajstić information content (AvgIpc) is 2.97. The van der Waals surface area contributed by atoms with E-state index in [1.165, 1.54) is 0 Å². The van der Waals surface area contributed by atoms with Crippen LogP contribution in [0.5, 0.6) is 0 Å². The van der Waals surface area contributed by atoms with E-state index < -0.39 is 11.7 Å². The Balaban J connectivity index is 1.95. The molecule has 1 aliphatic heterocycles. The zero-order chi connectivity index (χ0) is 23.2. The Morgan fingerprint density at radius 2 is 1.94 bits per heavy atom. The van der Waals surface area contributed by atoms with Crippen LogP contribution in [-0.4, -0.2) is 46.7 Å². The molecular formula is C24H36N4O3. The number of nitrogens with zero attached hydrogens (tertiary/aromatic N) is 3. The molecule has 2 heterocycles. The highest BCUT2D eigenvalue weighted by Crippen LogP contribution is 2.22. The fourth-order valence-corrected chi connectivity index (χ4v) is 3.89. The van der Waals surface area contributed by atoms with Gasteiger partial charge in [-0.3, -0.25) is 4.79 Å². The number of amides is 2. The van der Waals surface area contributed by atoms with Gasteiger partial charge >= 0.3 is 6.09 Å². The molecule has 0 aliphatic carbocycles. The van der Waals surface area contributed by atoms with Gasteiger partial charge in [-0.15, -0.1) is 0 Å². The number of carbonyl (C=O) groups is 2. The molecule has 1 saturated heterocycles. The lowest BCUT2D eigenvalue weighted by Gasteiger charge is -2.32. The molecule has 0 aromatic carbocycles. The number of rotatable bonds is 6. The first-order chi connectivity index (χ1) is 14.6. The molecule has 0 unspecified atom stereocenters. The van der Waals surface area contributed by atoms with Crippen LogP contribution >= 0.6 is 0 Å². The van der Waals surface area contributed by atoms with Crippen LogP contribution in [0.15, 0.2) is 11.6 Å². The molecule has 1 N–H and O–H groups in total. The van der Waals surface area contributed by atoms with Gasteiger partial charge in [-0.2, -0.15) is 5.26 Å². The molecule has 0 spiro atoms. The van der Waals surface area contributed by atoms with Crippen LogP contribution in [0.4, 0.5) is 4.79 Å². The Morgan fingerprint density at radius 1 is 1.29 bits per heavy atom. The normalized spacial score (nSPS) is 15.5. The zero-order valence-corrected chi connectivity index (χ0v) is 19.7. The molecule has 7 heteroatoms. The van der Waals surface area contributed by atoms with Crippen molar-refractivity contribution in [2.75, 3.05) is 19.6 Å². The maximum atomic E-state index is 12.9. The van der Waals surface area contributed by atoms with E-state index in [0.29, 0.717) is 25.6 Å². The molecular weight excluding hydrogens is 392 g/mol. The van der Waals surface area contributed by atoms with Crippen molar-refractivity contribution in [1.29, 1.82) is 5.26 Å². The summed E-state index contributed by atoms with van der Waals surface area (Å²) in [6, 6.07) is 4.13. The predicted octanol–water partition coefficient (Wildman–Crippen LogP) is 4.19. The number of ether oxygens (including phenoxy) is 1. The van der Waals surface area contributed by atoms with Crippen LogP contribution in [0, 0.1) is 31.1 Å². The van der Waals surface area contributed by atoms with E-state index in [1.807, 2.05) is 40.7 Å². The summed E-state index contributed by atoms with van der Waals surface area (Å²) >= 11 is 0. The molecule has 2 rings (SSSR count). The van der Waals surface area contributed by atoms with Crippen molar-refractivity contribution in [3.8, 4) is 6.07 Å².